The zero-order chi connectivity index (χ0) is 17.4. The fraction of sp³-hybridized carbons (Fsp3) is 0.176. The molecule has 0 heterocycles. The molecule has 0 spiro atoms. The van der Waals surface area contributed by atoms with Crippen LogP contribution in [-0.2, 0) is 6.54 Å². The van der Waals surface area contributed by atoms with Gasteiger partial charge in [0.15, 0.2) is 11.5 Å². The summed E-state index contributed by atoms with van der Waals surface area (Å²) in [6.07, 6.45) is 1.59. The summed E-state index contributed by atoms with van der Waals surface area (Å²) in [4.78, 5) is 4.26. The number of nitrogens with zero attached hydrogens (tertiary/aromatic N) is 2. The molecule has 6 nitrogen and oxygen atoms in total. The molecule has 0 saturated heterocycles. The predicted molar refractivity (Wildman–Crippen MR) is 95.8 cm³/mol. The topological polar surface area (TPSA) is 85.8 Å². The minimum Gasteiger partial charge on any atom is -1.00 e. The van der Waals surface area contributed by atoms with Gasteiger partial charge in [0.05, 0.1) is 32.0 Å². The molecule has 8 heteroatoms. The Morgan fingerprint density at radius 3 is 2.52 bits per heavy atom. The van der Waals surface area contributed by atoms with Crippen molar-refractivity contribution in [2.24, 2.45) is 15.8 Å². The lowest BCUT2D eigenvalue weighted by atomic mass is 10.2. The number of guanidine groups is 1. The van der Waals surface area contributed by atoms with E-state index in [0.717, 1.165) is 5.56 Å². The highest BCUT2D eigenvalue weighted by Crippen LogP contribution is 2.36. The maximum Gasteiger partial charge on any atom is 0.318 e. The van der Waals surface area contributed by atoms with Gasteiger partial charge >= 0.3 is 5.96 Å². The van der Waals surface area contributed by atoms with Crippen LogP contribution in [0.5, 0.6) is 11.5 Å². The predicted octanol–water partition coefficient (Wildman–Crippen LogP) is -1.23. The van der Waals surface area contributed by atoms with E-state index in [2.05, 4.69) is 10.1 Å². The van der Waals surface area contributed by atoms with E-state index < -0.39 is 0 Å². The molecule has 0 unspecified atom stereocenters. The van der Waals surface area contributed by atoms with Crippen LogP contribution in [0.4, 0.5) is 0 Å². The summed E-state index contributed by atoms with van der Waals surface area (Å²) in [6.45, 7) is 0.510. The second kappa shape index (κ2) is 10.6. The molecule has 2 aromatic rings. The van der Waals surface area contributed by atoms with Gasteiger partial charge in [0.2, 0.25) is 0 Å². The smallest absolute Gasteiger partial charge is 0.318 e. The largest absolute Gasteiger partial charge is 1.00 e. The Hall–Kier alpha value is -2.28. The number of aliphatic imine (C=N–C) groups is 1. The first kappa shape index (κ1) is 20.8. The van der Waals surface area contributed by atoms with E-state index in [0.29, 0.717) is 34.6 Å². The van der Waals surface area contributed by atoms with Crippen LogP contribution in [0.2, 0.25) is 5.02 Å². The fourth-order valence-corrected chi connectivity index (χ4v) is 2.29. The molecule has 4 N–H and O–H groups in total. The second-order valence-electron chi connectivity index (χ2n) is 4.84. The Labute approximate surface area is 158 Å². The molecule has 0 aliphatic heterocycles. The van der Waals surface area contributed by atoms with E-state index in [1.165, 1.54) is 12.5 Å². The van der Waals surface area contributed by atoms with Gasteiger partial charge in [0.25, 0.3) is 0 Å². The summed E-state index contributed by atoms with van der Waals surface area (Å²) in [6, 6.07) is 13.4. The van der Waals surface area contributed by atoms with Crippen LogP contribution in [0.25, 0.3) is 0 Å². The Bertz CT molecular complexity index is 737. The van der Waals surface area contributed by atoms with Gasteiger partial charge in [-0.2, -0.15) is 5.43 Å². The minimum atomic E-state index is 0. The van der Waals surface area contributed by atoms with Crippen molar-refractivity contribution in [2.75, 3.05) is 14.2 Å². The summed E-state index contributed by atoms with van der Waals surface area (Å²) in [5.74, 6) is 1.37. The lowest BCUT2D eigenvalue weighted by molar-refractivity contribution is -0.547. The number of quaternary nitrogens is 1. The lowest BCUT2D eigenvalue weighted by Crippen LogP contribution is -3.00. The van der Waals surface area contributed by atoms with Gasteiger partial charge in [-0.3, -0.25) is 0 Å². The van der Waals surface area contributed by atoms with E-state index in [1.807, 2.05) is 30.3 Å². The van der Waals surface area contributed by atoms with Gasteiger partial charge in [-0.05, 0) is 17.7 Å². The second-order valence-corrected chi connectivity index (χ2v) is 5.22. The van der Waals surface area contributed by atoms with Gasteiger partial charge in [0, 0.05) is 5.56 Å². The third-order valence-electron chi connectivity index (χ3n) is 3.22. The van der Waals surface area contributed by atoms with E-state index in [9.17, 15) is 0 Å². The van der Waals surface area contributed by atoms with Crippen molar-refractivity contribution < 1.29 is 27.3 Å². The average Bonchev–Trinajstić information content (AvgIpc) is 2.62. The lowest BCUT2D eigenvalue weighted by Gasteiger charge is -2.10. The van der Waals surface area contributed by atoms with Crippen LogP contribution in [0.1, 0.15) is 11.1 Å². The van der Waals surface area contributed by atoms with E-state index in [4.69, 9.17) is 26.8 Å². The number of ether oxygens (including phenoxy) is 2. The van der Waals surface area contributed by atoms with E-state index in [1.54, 1.807) is 25.5 Å². The maximum absolute atomic E-state index is 6.28. The summed E-state index contributed by atoms with van der Waals surface area (Å²) >= 11 is 6.28. The quantitative estimate of drug-likeness (QED) is 0.284. The average molecular weight is 383 g/mol. The Morgan fingerprint density at radius 2 is 1.88 bits per heavy atom. The van der Waals surface area contributed by atoms with Gasteiger partial charge in [-0.15, -0.1) is 0 Å². The molecular weight excluding hydrogens is 363 g/mol. The number of halogens is 2. The standard InChI is InChI=1S/C17H19ClN4O2.ClH/c1-23-14-9-8-13(15(18)16(14)24-2)11-21-22-17(19)20-10-12-6-4-3-5-7-12;/h3-9,11H,10H2,1-2H3,(H3,19,20,22);1H/b21-11-;. The zero-order valence-electron chi connectivity index (χ0n) is 13.9. The number of hydrogen-bond donors (Lipinski definition) is 2. The number of benzene rings is 2. The molecule has 0 aromatic heterocycles. The molecule has 25 heavy (non-hydrogen) atoms. The van der Waals surface area contributed by atoms with Gasteiger partial charge in [0.1, 0.15) is 0 Å². The van der Waals surface area contributed by atoms with Gasteiger partial charge in [-0.25, -0.2) is 4.99 Å². The van der Waals surface area contributed by atoms with Crippen LogP contribution in [0, 0.1) is 0 Å². The summed E-state index contributed by atoms with van der Waals surface area (Å²) < 4.78 is 10.4. The molecule has 0 amide bonds. The van der Waals surface area contributed by atoms with Gasteiger partial charge in [-0.1, -0.05) is 47.0 Å². The van der Waals surface area contributed by atoms with Crippen molar-refractivity contribution >= 4 is 23.8 Å². The van der Waals surface area contributed by atoms with E-state index >= 15 is 0 Å². The Balaban J connectivity index is 0.00000312. The third-order valence-corrected chi connectivity index (χ3v) is 3.61. The first-order chi connectivity index (χ1) is 11.7. The fourth-order valence-electron chi connectivity index (χ4n) is 2.00. The van der Waals surface area contributed by atoms with Crippen LogP contribution in [0.15, 0.2) is 52.6 Å². The first-order valence-electron chi connectivity index (χ1n) is 7.26. The van der Waals surface area contributed by atoms with Crippen LogP contribution in [-0.4, -0.2) is 26.4 Å². The molecule has 0 radical (unpaired) electrons. The molecular formula is C17H20Cl2N4O2. The van der Waals surface area contributed by atoms with E-state index in [-0.39, 0.29) is 12.4 Å². The van der Waals surface area contributed by atoms with Gasteiger partial charge < -0.3 is 27.6 Å². The van der Waals surface area contributed by atoms with Crippen molar-refractivity contribution in [1.82, 2.24) is 0 Å². The maximum atomic E-state index is 6.28. The zero-order valence-corrected chi connectivity index (χ0v) is 15.5. The van der Waals surface area contributed by atoms with Crippen molar-refractivity contribution in [3.8, 4) is 11.5 Å². The highest BCUT2D eigenvalue weighted by Gasteiger charge is 2.12. The van der Waals surface area contributed by atoms with Crippen molar-refractivity contribution in [1.29, 1.82) is 0 Å². The van der Waals surface area contributed by atoms with Crippen molar-refractivity contribution in [3.63, 3.8) is 0 Å². The van der Waals surface area contributed by atoms with Crippen molar-refractivity contribution in [3.05, 3.63) is 58.6 Å². The third kappa shape index (κ3) is 5.94. The van der Waals surface area contributed by atoms with Crippen LogP contribution >= 0.6 is 11.6 Å². The monoisotopic (exact) mass is 382 g/mol. The molecule has 0 bridgehead atoms. The number of nitrogens with two attached hydrogens (primary N) is 2. The number of hydrogen-bond acceptors (Lipinski definition) is 4. The molecule has 0 fully saturated rings. The van der Waals surface area contributed by atoms with Crippen LogP contribution in [0.3, 0.4) is 0 Å². The molecule has 2 rings (SSSR count). The number of rotatable bonds is 6. The molecule has 0 saturated carbocycles. The highest BCUT2D eigenvalue weighted by atomic mass is 35.5. The molecule has 0 aliphatic carbocycles. The summed E-state index contributed by atoms with van der Waals surface area (Å²) in [7, 11) is 3.09. The highest BCUT2D eigenvalue weighted by molar-refractivity contribution is 6.34. The first-order valence-corrected chi connectivity index (χ1v) is 7.64. The Kier molecular flexibility index (Phi) is 8.77. The normalized spacial score (nSPS) is 11.2. The molecule has 0 aliphatic rings. The summed E-state index contributed by atoms with van der Waals surface area (Å²) in [5.41, 5.74) is 9.09. The molecule has 0 atom stereocenters. The molecule has 2 aromatic carbocycles. The van der Waals surface area contributed by atoms with Crippen molar-refractivity contribution in [2.45, 2.75) is 6.54 Å². The SMILES string of the molecule is COc1ccc(/C=N\[NH2+]C(N)=NCc2ccccc2)c(Cl)c1OC.[Cl-]. The minimum absolute atomic E-state index is 0. The molecule has 134 valence electrons. The van der Waals surface area contributed by atoms with Crippen LogP contribution < -0.4 is 33.0 Å². The summed E-state index contributed by atoms with van der Waals surface area (Å²) in [5, 5.41) is 4.58. The Morgan fingerprint density at radius 1 is 1.16 bits per heavy atom. The number of methoxy groups -OCH3 is 2.